The lowest BCUT2D eigenvalue weighted by molar-refractivity contribution is -0.117. The van der Waals surface area contributed by atoms with Crippen LogP contribution in [0.3, 0.4) is 0 Å². The predicted molar refractivity (Wildman–Crippen MR) is 147 cm³/mol. The molecule has 1 aromatic carbocycles. The highest BCUT2D eigenvalue weighted by Gasteiger charge is 2.23. The van der Waals surface area contributed by atoms with Gasteiger partial charge in [-0.15, -0.1) is 5.10 Å². The summed E-state index contributed by atoms with van der Waals surface area (Å²) in [6.07, 6.45) is 8.94. The van der Waals surface area contributed by atoms with Crippen molar-refractivity contribution in [2.24, 2.45) is 0 Å². The van der Waals surface area contributed by atoms with E-state index in [1.165, 1.54) is 0 Å². The molecule has 1 atom stereocenters. The van der Waals surface area contributed by atoms with Crippen LogP contribution in [0.15, 0.2) is 61.2 Å². The Balaban J connectivity index is 1.19. The summed E-state index contributed by atoms with van der Waals surface area (Å²) in [6, 6.07) is 11.7. The molecule has 2 N–H and O–H groups in total. The summed E-state index contributed by atoms with van der Waals surface area (Å²) in [4.78, 5) is 40.9. The number of amides is 2. The van der Waals surface area contributed by atoms with Crippen LogP contribution in [-0.4, -0.2) is 65.6 Å². The van der Waals surface area contributed by atoms with E-state index < -0.39 is 5.91 Å². The number of rotatable bonds is 6. The molecule has 0 bridgehead atoms. The van der Waals surface area contributed by atoms with Crippen LogP contribution in [0.4, 0.5) is 11.4 Å². The molecule has 1 aliphatic heterocycles. The van der Waals surface area contributed by atoms with Crippen molar-refractivity contribution in [1.82, 2.24) is 34.7 Å². The zero-order chi connectivity index (χ0) is 26.9. The quantitative estimate of drug-likeness (QED) is 0.346. The Morgan fingerprint density at radius 2 is 1.82 bits per heavy atom. The molecule has 0 aliphatic carbocycles. The molecule has 11 heteroatoms. The monoisotopic (exact) mass is 521 g/mol. The van der Waals surface area contributed by atoms with Gasteiger partial charge in [0.05, 0.1) is 46.4 Å². The summed E-state index contributed by atoms with van der Waals surface area (Å²) in [5.74, 6) is -0.525. The van der Waals surface area contributed by atoms with Gasteiger partial charge in [-0.05, 0) is 63.1 Å². The normalized spacial score (nSPS) is 15.6. The van der Waals surface area contributed by atoms with Gasteiger partial charge in [0.2, 0.25) is 5.91 Å². The summed E-state index contributed by atoms with van der Waals surface area (Å²) in [6.45, 7) is 5.18. The second-order valence-electron chi connectivity index (χ2n) is 9.77. The fourth-order valence-corrected chi connectivity index (χ4v) is 4.89. The first-order chi connectivity index (χ1) is 18.9. The number of pyridine rings is 2. The number of hydrogen-bond acceptors (Lipinski definition) is 8. The average Bonchev–Trinajstić information content (AvgIpc) is 3.55. The van der Waals surface area contributed by atoms with Crippen LogP contribution in [0.5, 0.6) is 0 Å². The summed E-state index contributed by atoms with van der Waals surface area (Å²) in [5, 5.41) is 14.1. The molecule has 6 rings (SSSR count). The Labute approximate surface area is 224 Å². The fourth-order valence-electron chi connectivity index (χ4n) is 4.89. The molecule has 4 aromatic heterocycles. The summed E-state index contributed by atoms with van der Waals surface area (Å²) in [5.41, 5.74) is 5.83. The van der Waals surface area contributed by atoms with Crippen LogP contribution in [0.25, 0.3) is 27.7 Å². The Morgan fingerprint density at radius 1 is 1.00 bits per heavy atom. The van der Waals surface area contributed by atoms with Gasteiger partial charge in [-0.25, -0.2) is 4.52 Å². The molecule has 0 spiro atoms. The topological polar surface area (TPSA) is 130 Å². The van der Waals surface area contributed by atoms with Gasteiger partial charge in [-0.3, -0.25) is 29.4 Å². The Kier molecular flexibility index (Phi) is 6.41. The van der Waals surface area contributed by atoms with E-state index >= 15 is 0 Å². The van der Waals surface area contributed by atoms with Crippen LogP contribution in [0, 0.1) is 6.92 Å². The number of anilines is 2. The smallest absolute Gasteiger partial charge is 0.278 e. The van der Waals surface area contributed by atoms with E-state index in [2.05, 4.69) is 47.7 Å². The minimum Gasteiger partial charge on any atom is -0.324 e. The molecular formula is C28H27N9O2. The van der Waals surface area contributed by atoms with E-state index in [0.717, 1.165) is 41.5 Å². The molecule has 11 nitrogen and oxygen atoms in total. The standard InChI is InChI=1S/C28H27N9O2/c1-17-4-3-11-36(17)16-26(38)32-21-13-23(18(2)31-14-21)33-28(39)27-25-8-6-20(15-37(25)35-34-27)19-5-7-22-24(12-19)30-10-9-29-22/h5-10,12-15,17H,3-4,11,16H2,1-2H3,(H,32,38)(H,33,39)/t17-/m0/s1. The van der Waals surface area contributed by atoms with Crippen LogP contribution in [-0.2, 0) is 4.79 Å². The number of nitrogens with zero attached hydrogens (tertiary/aromatic N) is 7. The van der Waals surface area contributed by atoms with Crippen LogP contribution < -0.4 is 10.6 Å². The molecule has 0 radical (unpaired) electrons. The van der Waals surface area contributed by atoms with Crippen molar-refractivity contribution in [3.63, 3.8) is 0 Å². The van der Waals surface area contributed by atoms with Crippen LogP contribution >= 0.6 is 0 Å². The van der Waals surface area contributed by atoms with Gasteiger partial charge in [0.25, 0.3) is 5.91 Å². The summed E-state index contributed by atoms with van der Waals surface area (Å²) >= 11 is 0. The van der Waals surface area contributed by atoms with E-state index in [0.29, 0.717) is 35.2 Å². The highest BCUT2D eigenvalue weighted by atomic mass is 16.2. The van der Waals surface area contributed by atoms with Gasteiger partial charge in [-0.1, -0.05) is 17.3 Å². The second-order valence-corrected chi connectivity index (χ2v) is 9.77. The third kappa shape index (κ3) is 5.04. The summed E-state index contributed by atoms with van der Waals surface area (Å²) < 4.78 is 1.58. The van der Waals surface area contributed by atoms with E-state index in [4.69, 9.17) is 0 Å². The first kappa shape index (κ1) is 24.6. The molecular weight excluding hydrogens is 494 g/mol. The molecule has 5 aromatic rings. The number of likely N-dealkylation sites (tertiary alicyclic amines) is 1. The van der Waals surface area contributed by atoms with Crippen molar-refractivity contribution in [2.45, 2.75) is 32.7 Å². The third-order valence-electron chi connectivity index (χ3n) is 7.09. The van der Waals surface area contributed by atoms with Crippen molar-refractivity contribution < 1.29 is 9.59 Å². The fraction of sp³-hybridized carbons (Fsp3) is 0.250. The maximum Gasteiger partial charge on any atom is 0.278 e. The highest BCUT2D eigenvalue weighted by molar-refractivity contribution is 6.08. The van der Waals surface area contributed by atoms with E-state index in [1.807, 2.05) is 36.5 Å². The largest absolute Gasteiger partial charge is 0.324 e. The SMILES string of the molecule is Cc1ncc(NC(=O)CN2CCC[C@@H]2C)cc1NC(=O)c1nnn2cc(-c3ccc4nccnc4c3)ccc12. The van der Waals surface area contributed by atoms with Crippen molar-refractivity contribution in [3.05, 3.63) is 72.6 Å². The molecule has 1 fully saturated rings. The molecule has 5 heterocycles. The second kappa shape index (κ2) is 10.2. The molecule has 196 valence electrons. The Bertz CT molecular complexity index is 1710. The molecule has 39 heavy (non-hydrogen) atoms. The third-order valence-corrected chi connectivity index (χ3v) is 7.09. The van der Waals surface area contributed by atoms with Gasteiger partial charge < -0.3 is 10.6 Å². The van der Waals surface area contributed by atoms with Gasteiger partial charge in [0, 0.05) is 30.2 Å². The molecule has 2 amide bonds. The van der Waals surface area contributed by atoms with Crippen LogP contribution in [0.1, 0.15) is 35.9 Å². The average molecular weight is 522 g/mol. The van der Waals surface area contributed by atoms with Gasteiger partial charge in [0.15, 0.2) is 5.69 Å². The Hall–Kier alpha value is -4.77. The number of carbonyl (C=O) groups is 2. The predicted octanol–water partition coefficient (Wildman–Crippen LogP) is 3.72. The lowest BCUT2D eigenvalue weighted by atomic mass is 10.1. The first-order valence-electron chi connectivity index (χ1n) is 12.8. The zero-order valence-electron chi connectivity index (χ0n) is 21.6. The van der Waals surface area contributed by atoms with Gasteiger partial charge in [0.1, 0.15) is 0 Å². The zero-order valence-corrected chi connectivity index (χ0v) is 21.6. The van der Waals surface area contributed by atoms with Crippen molar-refractivity contribution in [1.29, 1.82) is 0 Å². The minimum absolute atomic E-state index is 0.106. The number of benzene rings is 1. The van der Waals surface area contributed by atoms with E-state index in [1.54, 1.807) is 36.1 Å². The van der Waals surface area contributed by atoms with Gasteiger partial charge >= 0.3 is 0 Å². The molecule has 1 saturated heterocycles. The number of aryl methyl sites for hydroxylation is 1. The number of carbonyl (C=O) groups excluding carboxylic acids is 2. The van der Waals surface area contributed by atoms with Gasteiger partial charge in [-0.2, -0.15) is 0 Å². The van der Waals surface area contributed by atoms with Crippen LogP contribution in [0.2, 0.25) is 0 Å². The summed E-state index contributed by atoms with van der Waals surface area (Å²) in [7, 11) is 0. The van der Waals surface area contributed by atoms with E-state index in [9.17, 15) is 9.59 Å². The van der Waals surface area contributed by atoms with Crippen molar-refractivity contribution >= 4 is 39.7 Å². The lowest BCUT2D eigenvalue weighted by Gasteiger charge is -2.20. The number of hydrogen-bond donors (Lipinski definition) is 2. The van der Waals surface area contributed by atoms with Crippen molar-refractivity contribution in [2.75, 3.05) is 23.7 Å². The molecule has 1 aliphatic rings. The number of aromatic nitrogens is 6. The van der Waals surface area contributed by atoms with Crippen molar-refractivity contribution in [3.8, 4) is 11.1 Å². The minimum atomic E-state index is -0.419. The lowest BCUT2D eigenvalue weighted by Crippen LogP contribution is -2.35. The number of fused-ring (bicyclic) bond motifs is 2. The van der Waals surface area contributed by atoms with E-state index in [-0.39, 0.29) is 11.6 Å². The first-order valence-corrected chi connectivity index (χ1v) is 12.8. The highest BCUT2D eigenvalue weighted by Crippen LogP contribution is 2.25. The molecule has 0 saturated carbocycles. The maximum absolute atomic E-state index is 13.2. The molecule has 0 unspecified atom stereocenters. The maximum atomic E-state index is 13.2. The number of nitrogens with one attached hydrogen (secondary N) is 2. The Morgan fingerprint density at radius 3 is 2.64 bits per heavy atom.